The van der Waals surface area contributed by atoms with Gasteiger partial charge in [0.05, 0.1) is 12.3 Å². The second-order valence-electron chi connectivity index (χ2n) is 4.49. The molecule has 1 aromatic rings. The molecule has 6 heteroatoms. The number of halogens is 1. The fourth-order valence-electron chi connectivity index (χ4n) is 2.29. The van der Waals surface area contributed by atoms with Crippen LogP contribution in [0.1, 0.15) is 25.7 Å². The van der Waals surface area contributed by atoms with Crippen LogP contribution in [0.15, 0.2) is 10.8 Å². The first-order valence-corrected chi connectivity index (χ1v) is 7.02. The molecule has 0 aliphatic heterocycles. The predicted octanol–water partition coefficient (Wildman–Crippen LogP) is 2.65. The van der Waals surface area contributed by atoms with Gasteiger partial charge in [-0.3, -0.25) is 0 Å². The summed E-state index contributed by atoms with van der Waals surface area (Å²) in [5.41, 5.74) is 0. The predicted molar refractivity (Wildman–Crippen MR) is 76.0 cm³/mol. The summed E-state index contributed by atoms with van der Waals surface area (Å²) in [6.07, 6.45) is 6.53. The molecule has 2 N–H and O–H groups in total. The third-order valence-electron chi connectivity index (χ3n) is 3.33. The summed E-state index contributed by atoms with van der Waals surface area (Å²) < 4.78 is 6.12. The van der Waals surface area contributed by atoms with E-state index in [0.717, 1.165) is 41.9 Å². The van der Waals surface area contributed by atoms with E-state index in [4.69, 9.17) is 4.74 Å². The van der Waals surface area contributed by atoms with Crippen LogP contribution in [0, 0.1) is 0 Å². The van der Waals surface area contributed by atoms with Crippen LogP contribution in [0.4, 0.5) is 11.6 Å². The van der Waals surface area contributed by atoms with Crippen LogP contribution in [0.2, 0.25) is 0 Å². The van der Waals surface area contributed by atoms with Crippen molar-refractivity contribution in [1.29, 1.82) is 0 Å². The normalized spacial score (nSPS) is 23.7. The number of nitrogens with one attached hydrogen (secondary N) is 2. The lowest BCUT2D eigenvalue weighted by molar-refractivity contribution is 0.0681. The van der Waals surface area contributed by atoms with Crippen LogP contribution in [-0.2, 0) is 4.74 Å². The van der Waals surface area contributed by atoms with Gasteiger partial charge in [-0.05, 0) is 41.6 Å². The van der Waals surface area contributed by atoms with Gasteiger partial charge in [0, 0.05) is 20.2 Å². The topological polar surface area (TPSA) is 59.1 Å². The summed E-state index contributed by atoms with van der Waals surface area (Å²) in [5.74, 6) is 1.60. The Hall–Kier alpha value is -0.880. The Morgan fingerprint density at radius 1 is 1.28 bits per heavy atom. The van der Waals surface area contributed by atoms with Gasteiger partial charge < -0.3 is 15.4 Å². The summed E-state index contributed by atoms with van der Waals surface area (Å²) in [5, 5.41) is 6.51. The van der Waals surface area contributed by atoms with Crippen molar-refractivity contribution in [3.63, 3.8) is 0 Å². The van der Waals surface area contributed by atoms with Gasteiger partial charge in [-0.2, -0.15) is 0 Å². The van der Waals surface area contributed by atoms with Crippen molar-refractivity contribution < 1.29 is 4.74 Å². The van der Waals surface area contributed by atoms with Gasteiger partial charge in [0.2, 0.25) is 0 Å². The van der Waals surface area contributed by atoms with Crippen molar-refractivity contribution in [1.82, 2.24) is 9.97 Å². The zero-order chi connectivity index (χ0) is 13.0. The quantitative estimate of drug-likeness (QED) is 0.894. The number of rotatable bonds is 4. The summed E-state index contributed by atoms with van der Waals surface area (Å²) in [6.45, 7) is 0. The number of ether oxygens (including phenoxy) is 1. The molecule has 0 saturated heterocycles. The molecule has 1 saturated carbocycles. The third-order valence-corrected chi connectivity index (χ3v) is 3.71. The highest BCUT2D eigenvalue weighted by atomic mass is 79.9. The summed E-state index contributed by atoms with van der Waals surface area (Å²) in [6, 6.07) is 0.451. The number of anilines is 2. The average Bonchev–Trinajstić information content (AvgIpc) is 2.40. The second-order valence-corrected chi connectivity index (χ2v) is 5.31. The Kier molecular flexibility index (Phi) is 4.77. The fraction of sp³-hybridized carbons (Fsp3) is 0.667. The highest BCUT2D eigenvalue weighted by Gasteiger charge is 2.21. The molecule has 0 amide bonds. The van der Waals surface area contributed by atoms with Gasteiger partial charge in [-0.15, -0.1) is 0 Å². The molecule has 5 nitrogen and oxygen atoms in total. The smallest absolute Gasteiger partial charge is 0.170 e. The summed E-state index contributed by atoms with van der Waals surface area (Å²) in [4.78, 5) is 8.71. The molecule has 0 atom stereocenters. The Morgan fingerprint density at radius 3 is 2.61 bits per heavy atom. The molecule has 1 aliphatic rings. The van der Waals surface area contributed by atoms with Crippen LogP contribution in [0.25, 0.3) is 0 Å². The summed E-state index contributed by atoms with van der Waals surface area (Å²) >= 11 is 3.35. The van der Waals surface area contributed by atoms with Crippen LogP contribution < -0.4 is 10.6 Å². The van der Waals surface area contributed by atoms with Gasteiger partial charge in [-0.1, -0.05) is 0 Å². The molecule has 1 aromatic heterocycles. The van der Waals surface area contributed by atoms with Crippen molar-refractivity contribution >= 4 is 27.6 Å². The van der Waals surface area contributed by atoms with E-state index < -0.39 is 0 Å². The first-order valence-electron chi connectivity index (χ1n) is 6.22. The van der Waals surface area contributed by atoms with E-state index in [0.29, 0.717) is 12.1 Å². The molecule has 0 unspecified atom stereocenters. The molecule has 0 bridgehead atoms. The molecule has 1 fully saturated rings. The highest BCUT2D eigenvalue weighted by molar-refractivity contribution is 9.10. The van der Waals surface area contributed by atoms with Gasteiger partial charge in [0.25, 0.3) is 0 Å². The first kappa shape index (κ1) is 13.5. The highest BCUT2D eigenvalue weighted by Crippen LogP contribution is 2.26. The second kappa shape index (κ2) is 6.33. The minimum absolute atomic E-state index is 0.417. The first-order chi connectivity index (χ1) is 8.72. The number of hydrogen-bond acceptors (Lipinski definition) is 5. The number of nitrogens with zero attached hydrogens (tertiary/aromatic N) is 2. The monoisotopic (exact) mass is 314 g/mol. The van der Waals surface area contributed by atoms with Gasteiger partial charge >= 0.3 is 0 Å². The average molecular weight is 315 g/mol. The molecule has 1 heterocycles. The van der Waals surface area contributed by atoms with Gasteiger partial charge in [0.1, 0.15) is 4.60 Å². The number of methoxy groups -OCH3 is 1. The standard InChI is InChI=1S/C12H19BrN4O/c1-14-11-12(17-10(13)7-15-11)16-8-3-5-9(18-2)6-4-8/h7-9H,3-6H2,1-2H3,(H,14,15)(H,16,17). The van der Waals surface area contributed by atoms with E-state index in [1.807, 2.05) is 7.05 Å². The number of hydrogen-bond donors (Lipinski definition) is 2. The van der Waals surface area contributed by atoms with E-state index in [2.05, 4.69) is 36.5 Å². The zero-order valence-electron chi connectivity index (χ0n) is 10.7. The van der Waals surface area contributed by atoms with Gasteiger partial charge in [-0.25, -0.2) is 9.97 Å². The van der Waals surface area contributed by atoms with E-state index in [1.165, 1.54) is 0 Å². The van der Waals surface area contributed by atoms with Crippen LogP contribution in [-0.4, -0.2) is 36.3 Å². The lowest BCUT2D eigenvalue weighted by Gasteiger charge is -2.28. The third kappa shape index (κ3) is 3.32. The molecular weight excluding hydrogens is 296 g/mol. The molecule has 0 radical (unpaired) electrons. The lowest BCUT2D eigenvalue weighted by Crippen LogP contribution is -2.29. The van der Waals surface area contributed by atoms with Crippen LogP contribution in [0.5, 0.6) is 0 Å². The maximum absolute atomic E-state index is 5.38. The Labute approximate surface area is 116 Å². The lowest BCUT2D eigenvalue weighted by atomic mass is 9.93. The van der Waals surface area contributed by atoms with Crippen LogP contribution in [0.3, 0.4) is 0 Å². The minimum atomic E-state index is 0.417. The van der Waals surface area contributed by atoms with Gasteiger partial charge in [0.15, 0.2) is 11.6 Å². The molecule has 18 heavy (non-hydrogen) atoms. The zero-order valence-corrected chi connectivity index (χ0v) is 12.3. The van der Waals surface area contributed by atoms with Crippen LogP contribution >= 0.6 is 15.9 Å². The Bertz CT molecular complexity index is 394. The van der Waals surface area contributed by atoms with E-state index in [-0.39, 0.29) is 0 Å². The van der Waals surface area contributed by atoms with Crippen molar-refractivity contribution in [2.24, 2.45) is 0 Å². The van der Waals surface area contributed by atoms with E-state index in [9.17, 15) is 0 Å². The number of aromatic nitrogens is 2. The maximum atomic E-state index is 5.38. The fourth-order valence-corrected chi connectivity index (χ4v) is 2.57. The van der Waals surface area contributed by atoms with Crippen molar-refractivity contribution in [2.75, 3.05) is 24.8 Å². The van der Waals surface area contributed by atoms with E-state index in [1.54, 1.807) is 13.3 Å². The van der Waals surface area contributed by atoms with Crippen molar-refractivity contribution in [3.05, 3.63) is 10.8 Å². The van der Waals surface area contributed by atoms with Crippen molar-refractivity contribution in [3.8, 4) is 0 Å². The molecule has 2 rings (SSSR count). The summed E-state index contributed by atoms with van der Waals surface area (Å²) in [7, 11) is 3.64. The SMILES string of the molecule is CNc1ncc(Br)nc1NC1CCC(OC)CC1. The molecule has 0 spiro atoms. The molecule has 100 valence electrons. The minimum Gasteiger partial charge on any atom is -0.381 e. The maximum Gasteiger partial charge on any atom is 0.170 e. The molecular formula is C12H19BrN4O. The Balaban J connectivity index is 1.99. The van der Waals surface area contributed by atoms with Crippen molar-refractivity contribution in [2.45, 2.75) is 37.8 Å². The molecule has 0 aromatic carbocycles. The van der Waals surface area contributed by atoms with E-state index >= 15 is 0 Å². The molecule has 1 aliphatic carbocycles. The largest absolute Gasteiger partial charge is 0.381 e. The Morgan fingerprint density at radius 2 is 2.00 bits per heavy atom.